The predicted octanol–water partition coefficient (Wildman–Crippen LogP) is 1.56. The number of halogens is 2. The van der Waals surface area contributed by atoms with Crippen molar-refractivity contribution in [1.82, 2.24) is 25.0 Å². The van der Waals surface area contributed by atoms with E-state index in [1.807, 2.05) is 11.8 Å². The van der Waals surface area contributed by atoms with Gasteiger partial charge < -0.3 is 19.1 Å². The van der Waals surface area contributed by atoms with Gasteiger partial charge in [0.1, 0.15) is 17.8 Å². The molecule has 2 aromatic rings. The van der Waals surface area contributed by atoms with Gasteiger partial charge in [0.15, 0.2) is 0 Å². The van der Waals surface area contributed by atoms with Crippen LogP contribution in [-0.4, -0.2) is 69.8 Å². The van der Waals surface area contributed by atoms with Gasteiger partial charge in [0.05, 0.1) is 13.2 Å². The van der Waals surface area contributed by atoms with E-state index in [4.69, 9.17) is 9.26 Å². The van der Waals surface area contributed by atoms with E-state index >= 15 is 0 Å². The lowest BCUT2D eigenvalue weighted by Gasteiger charge is -2.39. The number of morpholine rings is 1. The van der Waals surface area contributed by atoms with Crippen molar-refractivity contribution in [1.29, 1.82) is 0 Å². The molecule has 2 saturated heterocycles. The Hall–Kier alpha value is -2.69. The topological polar surface area (TPSA) is 97.5 Å². The van der Waals surface area contributed by atoms with Crippen molar-refractivity contribution in [2.24, 2.45) is 0 Å². The van der Waals surface area contributed by atoms with E-state index in [1.165, 1.54) is 0 Å². The number of fused-ring (bicyclic) bond motifs is 1. The smallest absolute Gasteiger partial charge is 0.290 e. The lowest BCUT2D eigenvalue weighted by atomic mass is 10.1. The molecule has 30 heavy (non-hydrogen) atoms. The molecule has 0 saturated carbocycles. The fraction of sp³-hybridized carbons (Fsp3) is 0.632. The maximum absolute atomic E-state index is 14.4. The van der Waals surface area contributed by atoms with Crippen LogP contribution in [0.5, 0.6) is 0 Å². The molecule has 11 heteroatoms. The first-order valence-electron chi connectivity index (χ1n) is 10.2. The van der Waals surface area contributed by atoms with Crippen molar-refractivity contribution in [2.45, 2.75) is 44.6 Å². The van der Waals surface area contributed by atoms with E-state index in [2.05, 4.69) is 20.1 Å². The third-order valence-electron chi connectivity index (χ3n) is 5.95. The van der Waals surface area contributed by atoms with Gasteiger partial charge in [0, 0.05) is 37.7 Å². The summed E-state index contributed by atoms with van der Waals surface area (Å²) in [6, 6.07) is 0.192. The molecule has 160 valence electrons. The number of hydrogen-bond donors (Lipinski definition) is 0. The predicted molar refractivity (Wildman–Crippen MR) is 100 cm³/mol. The van der Waals surface area contributed by atoms with Crippen molar-refractivity contribution >= 4 is 11.9 Å². The number of anilines is 1. The number of amides is 1. The Morgan fingerprint density at radius 3 is 2.70 bits per heavy atom. The lowest BCUT2D eigenvalue weighted by Crippen LogP contribution is -2.47. The highest BCUT2D eigenvalue weighted by Gasteiger charge is 2.44. The molecule has 0 spiro atoms. The van der Waals surface area contributed by atoms with Gasteiger partial charge >= 0.3 is 0 Å². The average molecular weight is 420 g/mol. The molecule has 0 radical (unpaired) electrons. The zero-order valence-electron chi connectivity index (χ0n) is 16.6. The molecule has 0 bridgehead atoms. The molecule has 1 amide bonds. The summed E-state index contributed by atoms with van der Waals surface area (Å²) < 4.78 is 39.4. The maximum atomic E-state index is 14.4. The second kappa shape index (κ2) is 7.22. The Balaban J connectivity index is 1.45. The molecule has 1 aliphatic carbocycles. The molecule has 2 aromatic heterocycles. The van der Waals surface area contributed by atoms with Crippen molar-refractivity contribution < 1.29 is 22.8 Å². The number of aromatic nitrogens is 4. The van der Waals surface area contributed by atoms with E-state index in [0.717, 1.165) is 13.0 Å². The van der Waals surface area contributed by atoms with Gasteiger partial charge in [0.25, 0.3) is 5.92 Å². The second-order valence-corrected chi connectivity index (χ2v) is 7.92. The van der Waals surface area contributed by atoms with Gasteiger partial charge in [-0.15, -0.1) is 0 Å². The van der Waals surface area contributed by atoms with Gasteiger partial charge in [0.2, 0.25) is 23.6 Å². The minimum atomic E-state index is -3.01. The van der Waals surface area contributed by atoms with Gasteiger partial charge in [-0.3, -0.25) is 4.79 Å². The van der Waals surface area contributed by atoms with Crippen LogP contribution in [0, 0.1) is 0 Å². The highest BCUT2D eigenvalue weighted by atomic mass is 19.3. The van der Waals surface area contributed by atoms with Gasteiger partial charge in [-0.25, -0.2) is 9.97 Å². The summed E-state index contributed by atoms with van der Waals surface area (Å²) in [6.07, 6.45) is 0.738. The summed E-state index contributed by atoms with van der Waals surface area (Å²) in [4.78, 5) is 29.0. The number of nitrogens with zero attached hydrogens (tertiary/aromatic N) is 6. The van der Waals surface area contributed by atoms with Crippen LogP contribution in [0.25, 0.3) is 11.5 Å². The van der Waals surface area contributed by atoms with Gasteiger partial charge in [-0.05, 0) is 19.8 Å². The van der Waals surface area contributed by atoms with Gasteiger partial charge in [-0.2, -0.15) is 13.8 Å². The Morgan fingerprint density at radius 2 is 2.00 bits per heavy atom. The minimum absolute atomic E-state index is 0.0492. The first-order valence-corrected chi connectivity index (χ1v) is 10.2. The van der Waals surface area contributed by atoms with E-state index in [1.54, 1.807) is 4.90 Å². The summed E-state index contributed by atoms with van der Waals surface area (Å²) in [5, 5.41) is 3.94. The quantitative estimate of drug-likeness (QED) is 0.735. The van der Waals surface area contributed by atoms with Crippen LogP contribution in [0.1, 0.15) is 36.9 Å². The Morgan fingerprint density at radius 1 is 1.20 bits per heavy atom. The molecule has 2 fully saturated rings. The number of alkyl halides is 2. The van der Waals surface area contributed by atoms with Gasteiger partial charge in [-0.1, -0.05) is 5.16 Å². The maximum Gasteiger partial charge on any atom is 0.290 e. The number of carbonyl (C=O) groups is 1. The molecule has 9 nitrogen and oxygen atoms in total. The first-order chi connectivity index (χ1) is 14.4. The van der Waals surface area contributed by atoms with Crippen LogP contribution in [0.2, 0.25) is 0 Å². The molecular formula is C19H22F2N6O3. The summed E-state index contributed by atoms with van der Waals surface area (Å²) >= 11 is 0. The number of rotatable bonds is 4. The standard InChI is InChI=1S/C19H22F2N6O3/c1-11-3-5-27(11)18-23-15(12-2-4-19(20,21)16(12)24-18)17-22-13(30-25-17)10-14(28)26-6-8-29-9-7-26/h11H,2-10H2,1H3/t11-/m0/s1. The summed E-state index contributed by atoms with van der Waals surface area (Å²) in [7, 11) is 0. The third-order valence-corrected chi connectivity index (χ3v) is 5.95. The van der Waals surface area contributed by atoms with Crippen LogP contribution in [0.15, 0.2) is 4.52 Å². The molecule has 0 aromatic carbocycles. The number of hydrogen-bond acceptors (Lipinski definition) is 8. The zero-order chi connectivity index (χ0) is 20.9. The van der Waals surface area contributed by atoms with E-state index in [0.29, 0.717) is 31.9 Å². The second-order valence-electron chi connectivity index (χ2n) is 7.92. The fourth-order valence-corrected chi connectivity index (χ4v) is 4.02. The molecule has 4 heterocycles. The third kappa shape index (κ3) is 3.30. The fourth-order valence-electron chi connectivity index (χ4n) is 4.02. The minimum Gasteiger partial charge on any atom is -0.378 e. The highest BCUT2D eigenvalue weighted by molar-refractivity contribution is 5.78. The molecule has 0 N–H and O–H groups in total. The van der Waals surface area contributed by atoms with Crippen molar-refractivity contribution in [3.63, 3.8) is 0 Å². The average Bonchev–Trinajstić information content (AvgIpc) is 3.31. The molecule has 0 unspecified atom stereocenters. The van der Waals surface area contributed by atoms with Crippen molar-refractivity contribution in [2.75, 3.05) is 37.7 Å². The first kappa shape index (κ1) is 19.3. The lowest BCUT2D eigenvalue weighted by molar-refractivity contribution is -0.134. The van der Waals surface area contributed by atoms with E-state index in [-0.39, 0.29) is 60.3 Å². The van der Waals surface area contributed by atoms with Crippen LogP contribution in [0.4, 0.5) is 14.7 Å². The van der Waals surface area contributed by atoms with Crippen LogP contribution in [0.3, 0.4) is 0 Å². The summed E-state index contributed by atoms with van der Waals surface area (Å²) in [6.45, 7) is 4.76. The van der Waals surface area contributed by atoms with Crippen LogP contribution < -0.4 is 4.90 Å². The summed E-state index contributed by atoms with van der Waals surface area (Å²) in [5.41, 5.74) is 0.362. The SMILES string of the molecule is C[C@H]1CCN1c1nc(-c2noc(CC(=O)N3CCOCC3)n2)c2c(n1)C(F)(F)CC2. The van der Waals surface area contributed by atoms with E-state index < -0.39 is 5.92 Å². The largest absolute Gasteiger partial charge is 0.378 e. The normalized spacial score (nSPS) is 22.7. The molecule has 1 atom stereocenters. The zero-order valence-corrected chi connectivity index (χ0v) is 16.6. The molecule has 2 aliphatic heterocycles. The van der Waals surface area contributed by atoms with E-state index in [9.17, 15) is 13.6 Å². The van der Waals surface area contributed by atoms with Crippen molar-refractivity contribution in [3.8, 4) is 11.5 Å². The Bertz CT molecular complexity index is 975. The molecular weight excluding hydrogens is 398 g/mol. The number of ether oxygens (including phenoxy) is 1. The Labute approximate surface area is 171 Å². The van der Waals surface area contributed by atoms with Crippen LogP contribution in [-0.2, 0) is 28.3 Å². The van der Waals surface area contributed by atoms with Crippen molar-refractivity contribution in [3.05, 3.63) is 17.1 Å². The molecule has 5 rings (SSSR count). The Kier molecular flexibility index (Phi) is 4.64. The number of carbonyl (C=O) groups excluding carboxylic acids is 1. The summed E-state index contributed by atoms with van der Waals surface area (Å²) in [5.74, 6) is -2.62. The monoisotopic (exact) mass is 420 g/mol. The highest BCUT2D eigenvalue weighted by Crippen LogP contribution is 2.44. The molecule has 3 aliphatic rings. The van der Waals surface area contributed by atoms with Crippen LogP contribution >= 0.6 is 0 Å².